The van der Waals surface area contributed by atoms with Crippen LogP contribution in [-0.2, 0) is 0 Å². The second-order valence-corrected chi connectivity index (χ2v) is 6.75. The van der Waals surface area contributed by atoms with Crippen molar-refractivity contribution in [1.29, 1.82) is 0 Å². The predicted molar refractivity (Wildman–Crippen MR) is 85.1 cm³/mol. The molecule has 0 amide bonds. The van der Waals surface area contributed by atoms with Crippen molar-refractivity contribution in [2.45, 2.75) is 39.5 Å². The molecule has 0 spiro atoms. The van der Waals surface area contributed by atoms with Gasteiger partial charge >= 0.3 is 0 Å². The van der Waals surface area contributed by atoms with E-state index >= 15 is 0 Å². The lowest BCUT2D eigenvalue weighted by atomic mass is 9.82. The van der Waals surface area contributed by atoms with Crippen molar-refractivity contribution < 1.29 is 4.92 Å². The Morgan fingerprint density at radius 2 is 2.20 bits per heavy atom. The molecule has 0 radical (unpaired) electrons. The Labute approximate surface area is 128 Å². The molecular formula is C15H21BrN2O2. The molecule has 1 aromatic rings. The van der Waals surface area contributed by atoms with Gasteiger partial charge in [-0.1, -0.05) is 19.8 Å². The SMILES string of the molecule is Cc1cc(NCC2CCCC(C)C2)c(Br)cc1[N+](=O)[O-]. The lowest BCUT2D eigenvalue weighted by Gasteiger charge is -2.27. The number of nitrogens with zero attached hydrogens (tertiary/aromatic N) is 1. The van der Waals surface area contributed by atoms with Crippen LogP contribution in [0.3, 0.4) is 0 Å². The van der Waals surface area contributed by atoms with Gasteiger partial charge in [-0.3, -0.25) is 10.1 Å². The van der Waals surface area contributed by atoms with Crippen LogP contribution in [0.25, 0.3) is 0 Å². The maximum absolute atomic E-state index is 10.9. The molecule has 1 saturated carbocycles. The molecule has 2 atom stereocenters. The number of rotatable bonds is 4. The van der Waals surface area contributed by atoms with E-state index in [9.17, 15) is 10.1 Å². The largest absolute Gasteiger partial charge is 0.384 e. The van der Waals surface area contributed by atoms with Gasteiger partial charge < -0.3 is 5.32 Å². The van der Waals surface area contributed by atoms with Crippen molar-refractivity contribution in [3.8, 4) is 0 Å². The van der Waals surface area contributed by atoms with E-state index in [1.165, 1.54) is 25.7 Å². The highest BCUT2D eigenvalue weighted by Crippen LogP contribution is 2.32. The Balaban J connectivity index is 2.02. The standard InChI is InChI=1S/C15H21BrN2O2/c1-10-4-3-5-12(6-10)9-17-14-7-11(2)15(18(19)20)8-13(14)16/h7-8,10,12,17H,3-6,9H2,1-2H3. The molecule has 0 saturated heterocycles. The number of hydrogen-bond donors (Lipinski definition) is 1. The van der Waals surface area contributed by atoms with Crippen molar-refractivity contribution in [3.05, 3.63) is 32.3 Å². The Hall–Kier alpha value is -1.10. The van der Waals surface area contributed by atoms with Crippen LogP contribution in [0.2, 0.25) is 0 Å². The lowest BCUT2D eigenvalue weighted by Crippen LogP contribution is -2.21. The Morgan fingerprint density at radius 3 is 2.85 bits per heavy atom. The summed E-state index contributed by atoms with van der Waals surface area (Å²) in [7, 11) is 0. The Bertz CT molecular complexity index is 505. The molecule has 0 aromatic heterocycles. The molecule has 0 heterocycles. The molecule has 0 bridgehead atoms. The van der Waals surface area contributed by atoms with E-state index in [0.717, 1.165) is 22.6 Å². The highest BCUT2D eigenvalue weighted by molar-refractivity contribution is 9.10. The van der Waals surface area contributed by atoms with Crippen molar-refractivity contribution >= 4 is 27.3 Å². The molecule has 1 N–H and O–H groups in total. The van der Waals surface area contributed by atoms with Crippen LogP contribution >= 0.6 is 15.9 Å². The first kappa shape index (κ1) is 15.3. The van der Waals surface area contributed by atoms with Crippen molar-refractivity contribution in [3.63, 3.8) is 0 Å². The van der Waals surface area contributed by atoms with Gasteiger partial charge in [0.05, 0.1) is 4.92 Å². The zero-order valence-corrected chi connectivity index (χ0v) is 13.6. The summed E-state index contributed by atoms with van der Waals surface area (Å²) in [4.78, 5) is 10.6. The summed E-state index contributed by atoms with van der Waals surface area (Å²) in [5.41, 5.74) is 1.80. The van der Waals surface area contributed by atoms with Crippen molar-refractivity contribution in [2.75, 3.05) is 11.9 Å². The number of nitrogens with one attached hydrogen (secondary N) is 1. The second kappa shape index (κ2) is 6.57. The fraction of sp³-hybridized carbons (Fsp3) is 0.600. The van der Waals surface area contributed by atoms with Crippen LogP contribution in [0.4, 0.5) is 11.4 Å². The molecular weight excluding hydrogens is 320 g/mol. The monoisotopic (exact) mass is 340 g/mol. The first-order valence-corrected chi connectivity index (χ1v) is 7.95. The minimum atomic E-state index is -0.341. The van der Waals surface area contributed by atoms with Gasteiger partial charge in [0.2, 0.25) is 0 Å². The lowest BCUT2D eigenvalue weighted by molar-refractivity contribution is -0.385. The topological polar surface area (TPSA) is 55.2 Å². The third-order valence-corrected chi connectivity index (χ3v) is 4.76. The summed E-state index contributed by atoms with van der Waals surface area (Å²) in [5.74, 6) is 1.53. The smallest absolute Gasteiger partial charge is 0.273 e. The zero-order valence-electron chi connectivity index (χ0n) is 12.0. The number of benzene rings is 1. The van der Waals surface area contributed by atoms with Gasteiger partial charge in [-0.2, -0.15) is 0 Å². The van der Waals surface area contributed by atoms with Crippen LogP contribution in [-0.4, -0.2) is 11.5 Å². The molecule has 1 aliphatic carbocycles. The molecule has 110 valence electrons. The number of nitro benzene ring substituents is 1. The molecule has 0 aliphatic heterocycles. The van der Waals surface area contributed by atoms with Gasteiger partial charge in [0.25, 0.3) is 5.69 Å². The van der Waals surface area contributed by atoms with Gasteiger partial charge in [0.15, 0.2) is 0 Å². The number of aryl methyl sites for hydroxylation is 1. The highest BCUT2D eigenvalue weighted by atomic mass is 79.9. The van der Waals surface area contributed by atoms with E-state index in [4.69, 9.17) is 0 Å². The maximum Gasteiger partial charge on any atom is 0.273 e. The van der Waals surface area contributed by atoms with E-state index < -0.39 is 0 Å². The average molecular weight is 341 g/mol. The van der Waals surface area contributed by atoms with Gasteiger partial charge in [-0.15, -0.1) is 0 Å². The summed E-state index contributed by atoms with van der Waals surface area (Å²) in [6.45, 7) is 5.04. The zero-order chi connectivity index (χ0) is 14.7. The van der Waals surface area contributed by atoms with E-state index in [1.54, 1.807) is 13.0 Å². The minimum absolute atomic E-state index is 0.161. The number of hydrogen-bond acceptors (Lipinski definition) is 3. The summed E-state index contributed by atoms with van der Waals surface area (Å²) < 4.78 is 0.763. The van der Waals surface area contributed by atoms with Crippen LogP contribution < -0.4 is 5.32 Å². The van der Waals surface area contributed by atoms with E-state index in [1.807, 2.05) is 6.07 Å². The fourth-order valence-electron chi connectivity index (χ4n) is 3.00. The number of nitro groups is 1. The van der Waals surface area contributed by atoms with E-state index in [-0.39, 0.29) is 10.6 Å². The quantitative estimate of drug-likeness (QED) is 0.626. The van der Waals surface area contributed by atoms with Gasteiger partial charge in [-0.05, 0) is 53.6 Å². The summed E-state index contributed by atoms with van der Waals surface area (Å²) in [6, 6.07) is 3.44. The van der Waals surface area contributed by atoms with E-state index in [0.29, 0.717) is 11.5 Å². The number of halogens is 1. The van der Waals surface area contributed by atoms with Gasteiger partial charge in [0, 0.05) is 28.3 Å². The Kier molecular flexibility index (Phi) is 5.02. The Morgan fingerprint density at radius 1 is 1.45 bits per heavy atom. The average Bonchev–Trinajstić information content (AvgIpc) is 2.39. The van der Waals surface area contributed by atoms with Gasteiger partial charge in [-0.25, -0.2) is 0 Å². The molecule has 1 aliphatic rings. The first-order chi connectivity index (χ1) is 9.47. The van der Waals surface area contributed by atoms with Crippen LogP contribution in [0, 0.1) is 28.9 Å². The summed E-state index contributed by atoms with van der Waals surface area (Å²) in [5, 5.41) is 14.3. The third-order valence-electron chi connectivity index (χ3n) is 4.11. The van der Waals surface area contributed by atoms with Crippen molar-refractivity contribution in [1.82, 2.24) is 0 Å². The maximum atomic E-state index is 10.9. The molecule has 1 aromatic carbocycles. The molecule has 2 unspecified atom stereocenters. The van der Waals surface area contributed by atoms with E-state index in [2.05, 4.69) is 28.2 Å². The molecule has 20 heavy (non-hydrogen) atoms. The van der Waals surface area contributed by atoms with Crippen LogP contribution in [0.5, 0.6) is 0 Å². The van der Waals surface area contributed by atoms with Crippen LogP contribution in [0.1, 0.15) is 38.2 Å². The molecule has 4 nitrogen and oxygen atoms in total. The van der Waals surface area contributed by atoms with Crippen LogP contribution in [0.15, 0.2) is 16.6 Å². The normalized spacial score (nSPS) is 22.6. The van der Waals surface area contributed by atoms with Gasteiger partial charge in [0.1, 0.15) is 0 Å². The first-order valence-electron chi connectivity index (χ1n) is 7.15. The molecule has 1 fully saturated rings. The fourth-order valence-corrected chi connectivity index (χ4v) is 3.47. The van der Waals surface area contributed by atoms with Crippen molar-refractivity contribution in [2.24, 2.45) is 11.8 Å². The molecule has 5 heteroatoms. The molecule has 2 rings (SSSR count). The minimum Gasteiger partial charge on any atom is -0.384 e. The third kappa shape index (κ3) is 3.72. The second-order valence-electron chi connectivity index (χ2n) is 5.89. The summed E-state index contributed by atoms with van der Waals surface area (Å²) in [6.07, 6.45) is 5.21. The predicted octanol–water partition coefficient (Wildman–Crippen LogP) is 4.90. The highest BCUT2D eigenvalue weighted by Gasteiger charge is 2.19. The summed E-state index contributed by atoms with van der Waals surface area (Å²) >= 11 is 3.42. The number of anilines is 1.